The monoisotopic (exact) mass is 356 g/mol. The molecule has 10 nitrogen and oxygen atoms in total. The van der Waals surface area contributed by atoms with E-state index in [1.54, 1.807) is 6.20 Å². The Hall–Kier alpha value is -2.75. The van der Waals surface area contributed by atoms with Crippen LogP contribution in [0.2, 0.25) is 0 Å². The predicted octanol–water partition coefficient (Wildman–Crippen LogP) is 0.505. The maximum Gasteiger partial charge on any atom is 0.224 e. The van der Waals surface area contributed by atoms with Crippen molar-refractivity contribution in [2.45, 2.75) is 25.9 Å². The van der Waals surface area contributed by atoms with E-state index in [1.807, 2.05) is 25.0 Å². The number of nitrogens with zero attached hydrogens (tertiary/aromatic N) is 8. The molecule has 1 aliphatic rings. The number of hydrogen-bond donors (Lipinski definition) is 2. The zero-order valence-corrected chi connectivity index (χ0v) is 15.1. The van der Waals surface area contributed by atoms with Crippen molar-refractivity contribution in [3.8, 4) is 0 Å². The first kappa shape index (κ1) is 16.7. The Kier molecular flexibility index (Phi) is 4.41. The highest BCUT2D eigenvalue weighted by molar-refractivity contribution is 5.87. The summed E-state index contributed by atoms with van der Waals surface area (Å²) in [6.45, 7) is 3.51. The van der Waals surface area contributed by atoms with Crippen LogP contribution in [-0.2, 0) is 13.1 Å². The van der Waals surface area contributed by atoms with Crippen LogP contribution in [0.15, 0.2) is 12.4 Å². The molecule has 1 unspecified atom stereocenters. The molecule has 10 heteroatoms. The molecule has 3 aromatic rings. The minimum Gasteiger partial charge on any atom is -0.368 e. The van der Waals surface area contributed by atoms with Crippen LogP contribution < -0.4 is 10.6 Å². The number of nitrogens with one attached hydrogen (secondary N) is 1. The van der Waals surface area contributed by atoms with Gasteiger partial charge < -0.3 is 15.5 Å². The van der Waals surface area contributed by atoms with Crippen LogP contribution in [-0.4, -0.2) is 67.2 Å². The number of aromatic nitrogens is 7. The second-order valence-corrected chi connectivity index (χ2v) is 7.16. The molecule has 1 atom stereocenters. The number of hydrogen-bond acceptors (Lipinski definition) is 8. The van der Waals surface area contributed by atoms with E-state index in [0.717, 1.165) is 55.9 Å². The van der Waals surface area contributed by atoms with Crippen LogP contribution in [0.4, 0.5) is 11.8 Å². The first-order valence-electron chi connectivity index (χ1n) is 8.84. The van der Waals surface area contributed by atoms with Crippen LogP contribution in [0.1, 0.15) is 18.5 Å². The molecule has 0 aromatic carbocycles. The number of H-pyrrole nitrogens is 1. The maximum absolute atomic E-state index is 5.87. The van der Waals surface area contributed by atoms with Crippen LogP contribution in [0, 0.1) is 5.92 Å². The smallest absolute Gasteiger partial charge is 0.224 e. The Balaban J connectivity index is 1.49. The number of fused-ring (bicyclic) bond motifs is 1. The average molecular weight is 356 g/mol. The van der Waals surface area contributed by atoms with Crippen molar-refractivity contribution in [1.82, 2.24) is 40.1 Å². The maximum atomic E-state index is 5.87. The lowest BCUT2D eigenvalue weighted by molar-refractivity contribution is 0.347. The Morgan fingerprint density at radius 3 is 3.08 bits per heavy atom. The molecule has 3 aromatic heterocycles. The van der Waals surface area contributed by atoms with Crippen molar-refractivity contribution < 1.29 is 0 Å². The second kappa shape index (κ2) is 6.87. The zero-order valence-electron chi connectivity index (χ0n) is 15.1. The number of anilines is 2. The van der Waals surface area contributed by atoms with E-state index in [4.69, 9.17) is 5.73 Å². The van der Waals surface area contributed by atoms with Gasteiger partial charge in [0.05, 0.1) is 17.3 Å². The van der Waals surface area contributed by atoms with Gasteiger partial charge in [-0.15, -0.1) is 5.10 Å². The molecule has 0 amide bonds. The van der Waals surface area contributed by atoms with E-state index in [0.29, 0.717) is 11.6 Å². The van der Waals surface area contributed by atoms with Crippen LogP contribution in [0.3, 0.4) is 0 Å². The van der Waals surface area contributed by atoms with E-state index < -0.39 is 0 Å². The van der Waals surface area contributed by atoms with Gasteiger partial charge in [-0.1, -0.05) is 5.21 Å². The first-order valence-corrected chi connectivity index (χ1v) is 8.84. The summed E-state index contributed by atoms with van der Waals surface area (Å²) in [6.07, 6.45) is 6.07. The van der Waals surface area contributed by atoms with Gasteiger partial charge in [0.15, 0.2) is 5.65 Å². The first-order chi connectivity index (χ1) is 12.6. The number of rotatable bonds is 5. The standard InChI is InChI=1S/C16H24N10/c1-24(2)9-12-10-26(23-21-12)8-11-4-3-5-25(7-11)15-13-6-18-22-14(13)19-16(17)20-15/h6,10-11H,3-5,7-9H2,1-2H3,(H3,17,18,19,20,22). The van der Waals surface area contributed by atoms with Gasteiger partial charge in [-0.2, -0.15) is 15.1 Å². The Labute approximate surface area is 151 Å². The van der Waals surface area contributed by atoms with Gasteiger partial charge in [0.2, 0.25) is 5.95 Å². The van der Waals surface area contributed by atoms with E-state index in [2.05, 4.69) is 40.3 Å². The third-order valence-electron chi connectivity index (χ3n) is 4.64. The predicted molar refractivity (Wildman–Crippen MR) is 98.4 cm³/mol. The zero-order chi connectivity index (χ0) is 18.1. The van der Waals surface area contributed by atoms with Crippen LogP contribution in [0.5, 0.6) is 0 Å². The van der Waals surface area contributed by atoms with E-state index >= 15 is 0 Å². The molecule has 3 N–H and O–H groups in total. The quantitative estimate of drug-likeness (QED) is 0.679. The summed E-state index contributed by atoms with van der Waals surface area (Å²) in [6, 6.07) is 0. The molecule has 1 aliphatic heterocycles. The highest BCUT2D eigenvalue weighted by Crippen LogP contribution is 2.28. The van der Waals surface area contributed by atoms with Gasteiger partial charge in [0.1, 0.15) is 5.82 Å². The van der Waals surface area contributed by atoms with Crippen molar-refractivity contribution in [1.29, 1.82) is 0 Å². The van der Waals surface area contributed by atoms with Crippen LogP contribution >= 0.6 is 0 Å². The van der Waals surface area contributed by atoms with E-state index in [-0.39, 0.29) is 5.95 Å². The SMILES string of the molecule is CN(C)Cc1cn(CC2CCCN(c3nc(N)nc4[nH]ncc34)C2)nn1. The normalized spacial score (nSPS) is 18.1. The fraction of sp³-hybridized carbons (Fsp3) is 0.562. The van der Waals surface area contributed by atoms with Crippen molar-refractivity contribution in [2.75, 3.05) is 37.8 Å². The molecule has 1 saturated heterocycles. The fourth-order valence-corrected chi connectivity index (χ4v) is 3.57. The van der Waals surface area contributed by atoms with Crippen molar-refractivity contribution in [2.24, 2.45) is 5.92 Å². The highest BCUT2D eigenvalue weighted by atomic mass is 15.4. The number of nitrogens with two attached hydrogens (primary N) is 1. The molecule has 0 aliphatic carbocycles. The fourth-order valence-electron chi connectivity index (χ4n) is 3.57. The minimum absolute atomic E-state index is 0.267. The third-order valence-corrected chi connectivity index (χ3v) is 4.64. The molecule has 0 saturated carbocycles. The van der Waals surface area contributed by atoms with Gasteiger partial charge in [-0.05, 0) is 32.9 Å². The van der Waals surface area contributed by atoms with Crippen LogP contribution in [0.25, 0.3) is 11.0 Å². The molecular formula is C16H24N10. The summed E-state index contributed by atoms with van der Waals surface area (Å²) in [5.41, 5.74) is 7.54. The summed E-state index contributed by atoms with van der Waals surface area (Å²) in [4.78, 5) is 13.0. The van der Waals surface area contributed by atoms with Gasteiger partial charge in [-0.25, -0.2) is 0 Å². The third kappa shape index (κ3) is 3.45. The summed E-state index contributed by atoms with van der Waals surface area (Å²) < 4.78 is 1.95. The highest BCUT2D eigenvalue weighted by Gasteiger charge is 2.24. The summed E-state index contributed by atoms with van der Waals surface area (Å²) in [5.74, 6) is 1.61. The molecule has 4 rings (SSSR count). The number of nitrogen functional groups attached to an aromatic ring is 1. The Morgan fingerprint density at radius 2 is 2.23 bits per heavy atom. The van der Waals surface area contributed by atoms with Crippen molar-refractivity contribution >= 4 is 22.8 Å². The molecule has 26 heavy (non-hydrogen) atoms. The van der Waals surface area contributed by atoms with Gasteiger partial charge >= 0.3 is 0 Å². The van der Waals surface area contributed by atoms with Gasteiger partial charge in [0, 0.05) is 32.4 Å². The summed E-state index contributed by atoms with van der Waals surface area (Å²) in [5, 5.41) is 16.4. The van der Waals surface area contributed by atoms with Gasteiger partial charge in [-0.3, -0.25) is 9.78 Å². The number of piperidine rings is 1. The van der Waals surface area contributed by atoms with E-state index in [1.165, 1.54) is 0 Å². The van der Waals surface area contributed by atoms with Crippen molar-refractivity contribution in [3.63, 3.8) is 0 Å². The lowest BCUT2D eigenvalue weighted by Gasteiger charge is -2.33. The molecule has 4 heterocycles. The molecule has 138 valence electrons. The summed E-state index contributed by atoms with van der Waals surface area (Å²) >= 11 is 0. The summed E-state index contributed by atoms with van der Waals surface area (Å²) in [7, 11) is 4.06. The molecule has 0 spiro atoms. The topological polar surface area (TPSA) is 118 Å². The minimum atomic E-state index is 0.267. The molecule has 1 fully saturated rings. The molecular weight excluding hydrogens is 332 g/mol. The van der Waals surface area contributed by atoms with E-state index in [9.17, 15) is 0 Å². The Bertz CT molecular complexity index is 882. The lowest BCUT2D eigenvalue weighted by atomic mass is 9.98. The number of aromatic amines is 1. The molecule has 0 radical (unpaired) electrons. The second-order valence-electron chi connectivity index (χ2n) is 7.16. The van der Waals surface area contributed by atoms with Crippen molar-refractivity contribution in [3.05, 3.63) is 18.1 Å². The Morgan fingerprint density at radius 1 is 1.35 bits per heavy atom. The van der Waals surface area contributed by atoms with Gasteiger partial charge in [0.25, 0.3) is 0 Å². The molecule has 0 bridgehead atoms. The largest absolute Gasteiger partial charge is 0.368 e. The average Bonchev–Trinajstić information content (AvgIpc) is 3.23. The lowest BCUT2D eigenvalue weighted by Crippen LogP contribution is -2.38.